The molecule has 0 atom stereocenters. The summed E-state index contributed by atoms with van der Waals surface area (Å²) in [5, 5.41) is 14.0. The monoisotopic (exact) mass is 331 g/mol. The van der Waals surface area contributed by atoms with E-state index >= 15 is 0 Å². The normalized spacial score (nSPS) is 17.0. The van der Waals surface area contributed by atoms with Gasteiger partial charge in [0.2, 0.25) is 0 Å². The molecule has 0 aromatic heterocycles. The van der Waals surface area contributed by atoms with E-state index < -0.39 is 0 Å². The van der Waals surface area contributed by atoms with Crippen LogP contribution < -0.4 is 5.32 Å². The molecule has 1 fully saturated rings. The molecular weight excluding hydrogens is 314 g/mol. The van der Waals surface area contributed by atoms with Crippen molar-refractivity contribution in [1.29, 1.82) is 0 Å². The SMILES string of the molecule is Oc1c(Br)cc(Cl)cc1CNCC1CCCCC1. The quantitative estimate of drug-likeness (QED) is 0.852. The van der Waals surface area contributed by atoms with Gasteiger partial charge >= 0.3 is 0 Å². The standard InChI is InChI=1S/C14H19BrClNO/c15-13-7-12(16)6-11(14(13)18)9-17-8-10-4-2-1-3-5-10/h6-7,10,17-18H,1-5,8-9H2. The topological polar surface area (TPSA) is 32.3 Å². The number of aromatic hydroxyl groups is 1. The van der Waals surface area contributed by atoms with Gasteiger partial charge in [-0.25, -0.2) is 0 Å². The van der Waals surface area contributed by atoms with E-state index in [0.717, 1.165) is 18.0 Å². The van der Waals surface area contributed by atoms with Crippen LogP contribution in [0.25, 0.3) is 0 Å². The maximum absolute atomic E-state index is 9.91. The van der Waals surface area contributed by atoms with Crippen LogP contribution in [0.2, 0.25) is 5.02 Å². The summed E-state index contributed by atoms with van der Waals surface area (Å²) in [6.45, 7) is 1.70. The number of phenolic OH excluding ortho intramolecular Hbond substituents is 1. The Kier molecular flexibility index (Phi) is 5.34. The van der Waals surface area contributed by atoms with Gasteiger partial charge in [-0.2, -0.15) is 0 Å². The molecule has 2 N–H and O–H groups in total. The van der Waals surface area contributed by atoms with Gasteiger partial charge in [0.05, 0.1) is 4.47 Å². The van der Waals surface area contributed by atoms with Crippen LogP contribution in [0.1, 0.15) is 37.7 Å². The lowest BCUT2D eigenvalue weighted by atomic mass is 9.89. The molecule has 0 bridgehead atoms. The summed E-state index contributed by atoms with van der Waals surface area (Å²) in [6, 6.07) is 3.52. The highest BCUT2D eigenvalue weighted by atomic mass is 79.9. The van der Waals surface area contributed by atoms with E-state index in [4.69, 9.17) is 11.6 Å². The van der Waals surface area contributed by atoms with Crippen LogP contribution in [-0.2, 0) is 6.54 Å². The van der Waals surface area contributed by atoms with Crippen molar-refractivity contribution in [3.63, 3.8) is 0 Å². The first-order valence-electron chi connectivity index (χ1n) is 6.54. The van der Waals surface area contributed by atoms with Gasteiger partial charge in [0.25, 0.3) is 0 Å². The predicted octanol–water partition coefficient (Wildman–Crippen LogP) is 4.48. The summed E-state index contributed by atoms with van der Waals surface area (Å²) in [7, 11) is 0. The van der Waals surface area contributed by atoms with Crippen LogP contribution in [0.5, 0.6) is 5.75 Å². The number of halogens is 2. The minimum absolute atomic E-state index is 0.288. The molecule has 0 amide bonds. The van der Waals surface area contributed by atoms with E-state index in [2.05, 4.69) is 21.2 Å². The molecule has 1 saturated carbocycles. The molecule has 0 radical (unpaired) electrons. The second kappa shape index (κ2) is 6.78. The highest BCUT2D eigenvalue weighted by Gasteiger charge is 2.13. The number of benzene rings is 1. The molecule has 2 rings (SSSR count). The van der Waals surface area contributed by atoms with E-state index in [0.29, 0.717) is 16.0 Å². The molecule has 0 saturated heterocycles. The van der Waals surface area contributed by atoms with Crippen LogP contribution in [0.4, 0.5) is 0 Å². The largest absolute Gasteiger partial charge is 0.506 e. The third-order valence-corrected chi connectivity index (χ3v) is 4.40. The first kappa shape index (κ1) is 14.2. The maximum atomic E-state index is 9.91. The predicted molar refractivity (Wildman–Crippen MR) is 79.1 cm³/mol. The van der Waals surface area contributed by atoms with E-state index in [1.807, 2.05) is 6.07 Å². The Morgan fingerprint density at radius 3 is 2.72 bits per heavy atom. The fourth-order valence-electron chi connectivity index (χ4n) is 2.56. The molecule has 1 aliphatic rings. The molecule has 0 heterocycles. The van der Waals surface area contributed by atoms with Crippen LogP contribution in [-0.4, -0.2) is 11.7 Å². The lowest BCUT2D eigenvalue weighted by molar-refractivity contribution is 0.341. The van der Waals surface area contributed by atoms with Crippen molar-refractivity contribution in [1.82, 2.24) is 5.32 Å². The van der Waals surface area contributed by atoms with Crippen LogP contribution in [0.15, 0.2) is 16.6 Å². The van der Waals surface area contributed by atoms with E-state index in [1.54, 1.807) is 6.07 Å². The van der Waals surface area contributed by atoms with Gasteiger partial charge in [-0.3, -0.25) is 0 Å². The van der Waals surface area contributed by atoms with E-state index in [-0.39, 0.29) is 5.75 Å². The Hall–Kier alpha value is -0.250. The number of nitrogens with one attached hydrogen (secondary N) is 1. The highest BCUT2D eigenvalue weighted by molar-refractivity contribution is 9.10. The molecule has 100 valence electrons. The number of hydrogen-bond donors (Lipinski definition) is 2. The Morgan fingerprint density at radius 1 is 1.28 bits per heavy atom. The second-order valence-corrected chi connectivity index (χ2v) is 6.32. The first-order chi connectivity index (χ1) is 8.66. The molecule has 0 spiro atoms. The Labute approximate surface area is 122 Å². The van der Waals surface area contributed by atoms with E-state index in [9.17, 15) is 5.11 Å². The van der Waals surface area contributed by atoms with Crippen molar-refractivity contribution >= 4 is 27.5 Å². The van der Waals surface area contributed by atoms with E-state index in [1.165, 1.54) is 32.1 Å². The average Bonchev–Trinajstić information content (AvgIpc) is 2.36. The molecule has 1 aromatic rings. The minimum Gasteiger partial charge on any atom is -0.506 e. The summed E-state index contributed by atoms with van der Waals surface area (Å²) in [6.07, 6.45) is 6.77. The number of rotatable bonds is 4. The molecule has 2 nitrogen and oxygen atoms in total. The zero-order valence-corrected chi connectivity index (χ0v) is 12.7. The average molecular weight is 333 g/mol. The van der Waals surface area contributed by atoms with Crippen molar-refractivity contribution < 1.29 is 5.11 Å². The van der Waals surface area contributed by atoms with Crippen LogP contribution in [0.3, 0.4) is 0 Å². The summed E-state index contributed by atoms with van der Waals surface area (Å²) in [5.41, 5.74) is 0.852. The molecule has 1 aromatic carbocycles. The molecule has 1 aliphatic carbocycles. The van der Waals surface area contributed by atoms with Crippen molar-refractivity contribution in [2.24, 2.45) is 5.92 Å². The fraction of sp³-hybridized carbons (Fsp3) is 0.571. The summed E-state index contributed by atoms with van der Waals surface area (Å²) < 4.78 is 0.657. The molecule has 18 heavy (non-hydrogen) atoms. The number of hydrogen-bond acceptors (Lipinski definition) is 2. The second-order valence-electron chi connectivity index (χ2n) is 5.03. The maximum Gasteiger partial charge on any atom is 0.134 e. The Bertz CT molecular complexity index is 405. The molecule has 0 aliphatic heterocycles. The van der Waals surface area contributed by atoms with Gasteiger partial charge in [0.15, 0.2) is 0 Å². The highest BCUT2D eigenvalue weighted by Crippen LogP contribution is 2.31. The minimum atomic E-state index is 0.288. The van der Waals surface area contributed by atoms with Gasteiger partial charge in [0.1, 0.15) is 5.75 Å². The summed E-state index contributed by atoms with van der Waals surface area (Å²) >= 11 is 9.28. The fourth-order valence-corrected chi connectivity index (χ4v) is 3.43. The third-order valence-electron chi connectivity index (χ3n) is 3.58. The van der Waals surface area contributed by atoms with Crippen LogP contribution in [0, 0.1) is 5.92 Å². The molecule has 0 unspecified atom stereocenters. The van der Waals surface area contributed by atoms with Crippen molar-refractivity contribution in [3.8, 4) is 5.75 Å². The summed E-state index contributed by atoms with van der Waals surface area (Å²) in [4.78, 5) is 0. The molecule has 4 heteroatoms. The lowest BCUT2D eigenvalue weighted by Crippen LogP contribution is -2.24. The van der Waals surface area contributed by atoms with Gasteiger partial charge in [0, 0.05) is 17.1 Å². The van der Waals surface area contributed by atoms with Crippen molar-refractivity contribution in [2.45, 2.75) is 38.6 Å². The van der Waals surface area contributed by atoms with Crippen molar-refractivity contribution in [3.05, 3.63) is 27.2 Å². The first-order valence-corrected chi connectivity index (χ1v) is 7.71. The van der Waals surface area contributed by atoms with Crippen LogP contribution >= 0.6 is 27.5 Å². The Balaban J connectivity index is 1.86. The smallest absolute Gasteiger partial charge is 0.134 e. The lowest BCUT2D eigenvalue weighted by Gasteiger charge is -2.22. The zero-order chi connectivity index (χ0) is 13.0. The third kappa shape index (κ3) is 3.87. The summed E-state index contributed by atoms with van der Waals surface area (Å²) in [5.74, 6) is 1.08. The van der Waals surface area contributed by atoms with Gasteiger partial charge in [-0.15, -0.1) is 0 Å². The Morgan fingerprint density at radius 2 is 2.00 bits per heavy atom. The zero-order valence-electron chi connectivity index (χ0n) is 10.4. The van der Waals surface area contributed by atoms with Crippen molar-refractivity contribution in [2.75, 3.05) is 6.54 Å². The van der Waals surface area contributed by atoms with Gasteiger partial charge in [-0.05, 0) is 53.4 Å². The molecular formula is C14H19BrClNO. The number of phenols is 1. The van der Waals surface area contributed by atoms with Gasteiger partial charge < -0.3 is 10.4 Å². The van der Waals surface area contributed by atoms with Gasteiger partial charge in [-0.1, -0.05) is 30.9 Å².